The summed E-state index contributed by atoms with van der Waals surface area (Å²) in [4.78, 5) is 34.2. The maximum Gasteiger partial charge on any atom is 0.276 e. The number of fused-ring (bicyclic) bond motifs is 1. The SMILES string of the molecule is Cc1nc2cc[nH]n2c(=O)c1CC(=O)N=c1sccn1Cc1ccccc1Cl. The lowest BCUT2D eigenvalue weighted by molar-refractivity contribution is -0.117. The maximum absolute atomic E-state index is 12.6. The monoisotopic (exact) mass is 413 g/mol. The summed E-state index contributed by atoms with van der Waals surface area (Å²) in [5, 5.41) is 5.32. The fourth-order valence-electron chi connectivity index (χ4n) is 2.92. The first-order valence-electron chi connectivity index (χ1n) is 8.53. The van der Waals surface area contributed by atoms with E-state index in [-0.39, 0.29) is 12.0 Å². The third kappa shape index (κ3) is 3.56. The van der Waals surface area contributed by atoms with E-state index in [1.807, 2.05) is 40.4 Å². The first-order valence-corrected chi connectivity index (χ1v) is 9.79. The van der Waals surface area contributed by atoms with Gasteiger partial charge in [0.1, 0.15) is 0 Å². The number of aromatic nitrogens is 4. The molecule has 0 saturated carbocycles. The molecule has 1 N–H and O–H groups in total. The smallest absolute Gasteiger partial charge is 0.276 e. The average Bonchev–Trinajstić information content (AvgIpc) is 3.30. The van der Waals surface area contributed by atoms with Crippen LogP contribution in [-0.2, 0) is 17.8 Å². The van der Waals surface area contributed by atoms with Crippen LogP contribution in [0.3, 0.4) is 0 Å². The standard InChI is InChI=1S/C19H16ClN5O2S/c1-12-14(18(27)25-16(22-12)6-7-21-25)10-17(26)23-19-24(8-9-28-19)11-13-4-2-3-5-15(13)20/h2-9,21H,10-11H2,1H3. The molecule has 7 nitrogen and oxygen atoms in total. The third-order valence-corrected chi connectivity index (χ3v) is 5.52. The summed E-state index contributed by atoms with van der Waals surface area (Å²) in [6, 6.07) is 9.24. The Hall–Kier alpha value is -2.97. The fourth-order valence-corrected chi connectivity index (χ4v) is 3.86. The molecule has 0 unspecified atom stereocenters. The number of nitrogens with zero attached hydrogens (tertiary/aromatic N) is 4. The lowest BCUT2D eigenvalue weighted by Crippen LogP contribution is -2.24. The Balaban J connectivity index is 1.63. The Kier molecular flexibility index (Phi) is 4.97. The van der Waals surface area contributed by atoms with Crippen molar-refractivity contribution in [3.8, 4) is 0 Å². The van der Waals surface area contributed by atoms with Crippen LogP contribution in [0, 0.1) is 6.92 Å². The Bertz CT molecular complexity index is 1300. The number of hydrogen-bond donors (Lipinski definition) is 1. The molecule has 9 heteroatoms. The molecular formula is C19H16ClN5O2S. The molecular weight excluding hydrogens is 398 g/mol. The zero-order valence-electron chi connectivity index (χ0n) is 14.9. The lowest BCUT2D eigenvalue weighted by Gasteiger charge is -2.05. The van der Waals surface area contributed by atoms with Gasteiger partial charge in [0.2, 0.25) is 0 Å². The first kappa shape index (κ1) is 18.4. The average molecular weight is 414 g/mol. The molecule has 3 aromatic heterocycles. The molecule has 142 valence electrons. The van der Waals surface area contributed by atoms with Crippen LogP contribution in [0.2, 0.25) is 5.02 Å². The number of aromatic amines is 1. The Labute approximate surface area is 168 Å². The van der Waals surface area contributed by atoms with Crippen LogP contribution >= 0.6 is 22.9 Å². The topological polar surface area (TPSA) is 84.5 Å². The Morgan fingerprint density at radius 3 is 2.96 bits per heavy atom. The predicted octanol–water partition coefficient (Wildman–Crippen LogP) is 2.57. The summed E-state index contributed by atoms with van der Waals surface area (Å²) >= 11 is 7.58. The van der Waals surface area contributed by atoms with Crippen molar-refractivity contribution < 1.29 is 4.79 Å². The van der Waals surface area contributed by atoms with Crippen molar-refractivity contribution in [2.75, 3.05) is 0 Å². The van der Waals surface area contributed by atoms with Crippen LogP contribution in [0.4, 0.5) is 0 Å². The number of nitrogens with one attached hydrogen (secondary N) is 1. The fraction of sp³-hybridized carbons (Fsp3) is 0.158. The van der Waals surface area contributed by atoms with Gasteiger partial charge in [-0.05, 0) is 18.6 Å². The molecule has 0 saturated heterocycles. The summed E-state index contributed by atoms with van der Waals surface area (Å²) < 4.78 is 3.17. The molecule has 4 aromatic rings. The van der Waals surface area contributed by atoms with Gasteiger partial charge < -0.3 is 4.57 Å². The van der Waals surface area contributed by atoms with E-state index in [4.69, 9.17) is 11.6 Å². The second-order valence-electron chi connectivity index (χ2n) is 6.22. The van der Waals surface area contributed by atoms with Crippen LogP contribution in [-0.4, -0.2) is 25.1 Å². The summed E-state index contributed by atoms with van der Waals surface area (Å²) in [6.07, 6.45) is 3.37. The zero-order chi connectivity index (χ0) is 19.7. The van der Waals surface area contributed by atoms with Crippen LogP contribution in [0.15, 0.2) is 57.9 Å². The maximum atomic E-state index is 12.6. The molecule has 0 aliphatic heterocycles. The summed E-state index contributed by atoms with van der Waals surface area (Å²) in [5.41, 5.74) is 2.04. The van der Waals surface area contributed by atoms with E-state index in [0.29, 0.717) is 33.3 Å². The molecule has 28 heavy (non-hydrogen) atoms. The van der Waals surface area contributed by atoms with Gasteiger partial charge in [-0.25, -0.2) is 9.50 Å². The van der Waals surface area contributed by atoms with E-state index in [1.165, 1.54) is 15.9 Å². The number of rotatable bonds is 4. The van der Waals surface area contributed by atoms with Crippen LogP contribution < -0.4 is 10.4 Å². The van der Waals surface area contributed by atoms with Crippen molar-refractivity contribution in [3.05, 3.63) is 85.1 Å². The normalized spacial score (nSPS) is 12.0. The Morgan fingerprint density at radius 1 is 1.32 bits per heavy atom. The molecule has 0 aliphatic carbocycles. The van der Waals surface area contributed by atoms with E-state index in [0.717, 1.165) is 5.56 Å². The number of benzene rings is 1. The summed E-state index contributed by atoms with van der Waals surface area (Å²) in [5.74, 6) is -0.399. The number of amides is 1. The summed E-state index contributed by atoms with van der Waals surface area (Å²) in [6.45, 7) is 2.23. The van der Waals surface area contributed by atoms with Gasteiger partial charge in [0, 0.05) is 40.1 Å². The minimum Gasteiger partial charge on any atom is -0.319 e. The molecule has 0 bridgehead atoms. The molecule has 0 fully saturated rings. The highest BCUT2D eigenvalue weighted by molar-refractivity contribution is 7.07. The van der Waals surface area contributed by atoms with Gasteiger partial charge in [-0.3, -0.25) is 14.7 Å². The number of carbonyl (C=O) groups excluding carboxylic acids is 1. The number of H-pyrrole nitrogens is 1. The minimum absolute atomic E-state index is 0.108. The molecule has 0 aliphatic rings. The molecule has 1 aromatic carbocycles. The van der Waals surface area contributed by atoms with Gasteiger partial charge in [-0.15, -0.1) is 11.3 Å². The number of halogens is 1. The number of thiazole rings is 1. The van der Waals surface area contributed by atoms with Crippen molar-refractivity contribution in [2.45, 2.75) is 19.9 Å². The van der Waals surface area contributed by atoms with E-state index < -0.39 is 5.91 Å². The predicted molar refractivity (Wildman–Crippen MR) is 108 cm³/mol. The molecule has 3 heterocycles. The lowest BCUT2D eigenvalue weighted by atomic mass is 10.1. The van der Waals surface area contributed by atoms with Gasteiger partial charge in [-0.1, -0.05) is 29.8 Å². The van der Waals surface area contributed by atoms with E-state index >= 15 is 0 Å². The molecule has 4 rings (SSSR count). The third-order valence-electron chi connectivity index (χ3n) is 4.35. The quantitative estimate of drug-likeness (QED) is 0.558. The van der Waals surface area contributed by atoms with E-state index in [2.05, 4.69) is 15.1 Å². The van der Waals surface area contributed by atoms with Gasteiger partial charge >= 0.3 is 0 Å². The first-order chi connectivity index (χ1) is 13.5. The largest absolute Gasteiger partial charge is 0.319 e. The van der Waals surface area contributed by atoms with Crippen molar-refractivity contribution in [1.29, 1.82) is 0 Å². The van der Waals surface area contributed by atoms with Crippen molar-refractivity contribution >= 4 is 34.5 Å². The molecule has 1 amide bonds. The molecule has 0 spiro atoms. The van der Waals surface area contributed by atoms with Gasteiger partial charge in [-0.2, -0.15) is 4.99 Å². The molecule has 0 radical (unpaired) electrons. The number of hydrogen-bond acceptors (Lipinski definition) is 4. The summed E-state index contributed by atoms with van der Waals surface area (Å²) in [7, 11) is 0. The minimum atomic E-state index is -0.399. The second kappa shape index (κ2) is 7.57. The second-order valence-corrected chi connectivity index (χ2v) is 7.50. The van der Waals surface area contributed by atoms with E-state index in [9.17, 15) is 9.59 Å². The number of aryl methyl sites for hydroxylation is 1. The van der Waals surface area contributed by atoms with Crippen molar-refractivity contribution in [2.24, 2.45) is 4.99 Å². The van der Waals surface area contributed by atoms with E-state index in [1.54, 1.807) is 19.2 Å². The zero-order valence-corrected chi connectivity index (χ0v) is 16.5. The van der Waals surface area contributed by atoms with Crippen molar-refractivity contribution in [3.63, 3.8) is 0 Å². The van der Waals surface area contributed by atoms with Gasteiger partial charge in [0.05, 0.1) is 13.0 Å². The highest BCUT2D eigenvalue weighted by Crippen LogP contribution is 2.15. The van der Waals surface area contributed by atoms with Gasteiger partial charge in [0.25, 0.3) is 11.5 Å². The van der Waals surface area contributed by atoms with Gasteiger partial charge in [0.15, 0.2) is 10.4 Å². The Morgan fingerprint density at radius 2 is 2.14 bits per heavy atom. The number of carbonyl (C=O) groups is 1. The van der Waals surface area contributed by atoms with Crippen LogP contribution in [0.25, 0.3) is 5.65 Å². The van der Waals surface area contributed by atoms with Crippen molar-refractivity contribution in [1.82, 2.24) is 19.2 Å². The highest BCUT2D eigenvalue weighted by atomic mass is 35.5. The molecule has 0 atom stereocenters. The van der Waals surface area contributed by atoms with Crippen LogP contribution in [0.5, 0.6) is 0 Å². The highest BCUT2D eigenvalue weighted by Gasteiger charge is 2.14. The van der Waals surface area contributed by atoms with Crippen LogP contribution in [0.1, 0.15) is 16.8 Å².